The van der Waals surface area contributed by atoms with E-state index in [9.17, 15) is 4.79 Å². The minimum Gasteiger partial charge on any atom is -0.366 e. The Bertz CT molecular complexity index is 741. The van der Waals surface area contributed by atoms with Gasteiger partial charge in [-0.05, 0) is 24.6 Å². The van der Waals surface area contributed by atoms with Crippen LogP contribution in [0.5, 0.6) is 0 Å². The van der Waals surface area contributed by atoms with E-state index in [-0.39, 0.29) is 17.4 Å². The Morgan fingerprint density at radius 1 is 1.37 bits per heavy atom. The number of amides is 1. The highest BCUT2D eigenvalue weighted by Crippen LogP contribution is 2.45. The van der Waals surface area contributed by atoms with E-state index in [1.54, 1.807) is 7.05 Å². The van der Waals surface area contributed by atoms with E-state index in [2.05, 4.69) is 78.4 Å². The van der Waals surface area contributed by atoms with Crippen molar-refractivity contribution in [1.29, 1.82) is 0 Å². The standard InChI is InChI=1S/C22H31N3OS/c1-5-24-15-16-27-21(24)12-8-11-19-22(2,3)17-9-6-7-10-18(17)25(19)14-13-20(26)23-4/h6-12,19H,5,13-16H2,1-4H3,(H,23,26). The second kappa shape index (κ2) is 8.42. The second-order valence-corrected chi connectivity index (χ2v) is 8.73. The number of nitrogens with zero attached hydrogens (tertiary/aromatic N) is 2. The molecule has 2 heterocycles. The number of thioether (sulfide) groups is 1. The van der Waals surface area contributed by atoms with Crippen molar-refractivity contribution < 1.29 is 4.79 Å². The van der Waals surface area contributed by atoms with Crippen LogP contribution in [0.3, 0.4) is 0 Å². The molecule has 0 aliphatic carbocycles. The van der Waals surface area contributed by atoms with E-state index in [4.69, 9.17) is 0 Å². The van der Waals surface area contributed by atoms with Gasteiger partial charge in [-0.25, -0.2) is 0 Å². The lowest BCUT2D eigenvalue weighted by atomic mass is 9.80. The number of benzene rings is 1. The molecule has 1 aromatic carbocycles. The van der Waals surface area contributed by atoms with Gasteiger partial charge in [0.25, 0.3) is 0 Å². The number of fused-ring (bicyclic) bond motifs is 1. The van der Waals surface area contributed by atoms with E-state index in [0.717, 1.165) is 19.6 Å². The zero-order valence-corrected chi connectivity index (χ0v) is 17.7. The maximum Gasteiger partial charge on any atom is 0.221 e. The van der Waals surface area contributed by atoms with Crippen molar-refractivity contribution in [2.45, 2.75) is 38.6 Å². The van der Waals surface area contributed by atoms with Gasteiger partial charge in [-0.15, -0.1) is 11.8 Å². The number of rotatable bonds is 6. The molecule has 0 aromatic heterocycles. The summed E-state index contributed by atoms with van der Waals surface area (Å²) in [6, 6.07) is 8.83. The lowest BCUT2D eigenvalue weighted by molar-refractivity contribution is -0.120. The Balaban J connectivity index is 1.85. The smallest absolute Gasteiger partial charge is 0.221 e. The van der Waals surface area contributed by atoms with Crippen molar-refractivity contribution in [2.24, 2.45) is 0 Å². The molecule has 2 aliphatic heterocycles. The molecule has 146 valence electrons. The predicted molar refractivity (Wildman–Crippen MR) is 116 cm³/mol. The van der Waals surface area contributed by atoms with Crippen LogP contribution in [0.4, 0.5) is 5.69 Å². The number of nitrogens with one attached hydrogen (secondary N) is 1. The number of anilines is 1. The number of hydrogen-bond donors (Lipinski definition) is 1. The first-order valence-electron chi connectivity index (χ1n) is 9.82. The van der Waals surface area contributed by atoms with Crippen LogP contribution in [0.25, 0.3) is 0 Å². The van der Waals surface area contributed by atoms with E-state index in [0.29, 0.717) is 6.42 Å². The van der Waals surface area contributed by atoms with Gasteiger partial charge >= 0.3 is 0 Å². The van der Waals surface area contributed by atoms with E-state index in [1.165, 1.54) is 22.0 Å². The third-order valence-electron chi connectivity index (χ3n) is 5.68. The van der Waals surface area contributed by atoms with Gasteiger partial charge in [0.2, 0.25) is 5.91 Å². The minimum atomic E-state index is 0.00154. The van der Waals surface area contributed by atoms with Crippen LogP contribution in [0.1, 0.15) is 32.8 Å². The second-order valence-electron chi connectivity index (χ2n) is 7.62. The van der Waals surface area contributed by atoms with Gasteiger partial charge in [0, 0.05) is 50.0 Å². The molecular formula is C22H31N3OS. The molecule has 4 nitrogen and oxygen atoms in total. The fraction of sp³-hybridized carbons (Fsp3) is 0.500. The van der Waals surface area contributed by atoms with Gasteiger partial charge in [0.15, 0.2) is 0 Å². The first-order chi connectivity index (χ1) is 13.0. The monoisotopic (exact) mass is 385 g/mol. The molecule has 1 aromatic rings. The average Bonchev–Trinajstić information content (AvgIpc) is 3.21. The Labute approximate surface area is 167 Å². The Morgan fingerprint density at radius 3 is 2.89 bits per heavy atom. The maximum atomic E-state index is 11.8. The zero-order chi connectivity index (χ0) is 19.4. The number of allylic oxidation sites excluding steroid dienone is 2. The molecule has 0 saturated carbocycles. The van der Waals surface area contributed by atoms with Crippen LogP contribution in [-0.2, 0) is 10.2 Å². The lowest BCUT2D eigenvalue weighted by Gasteiger charge is -2.32. The van der Waals surface area contributed by atoms with Crippen LogP contribution in [0.2, 0.25) is 0 Å². The first-order valence-corrected chi connectivity index (χ1v) is 10.8. The molecule has 1 N–H and O–H groups in total. The minimum absolute atomic E-state index is 0.00154. The highest BCUT2D eigenvalue weighted by atomic mass is 32.2. The number of carbonyl (C=O) groups is 1. The molecule has 1 fully saturated rings. The van der Waals surface area contributed by atoms with Crippen molar-refractivity contribution in [3.05, 3.63) is 53.1 Å². The summed E-state index contributed by atoms with van der Waals surface area (Å²) in [5, 5.41) is 4.10. The van der Waals surface area contributed by atoms with Gasteiger partial charge in [-0.2, -0.15) is 0 Å². The molecule has 0 bridgehead atoms. The Kier molecular flexibility index (Phi) is 6.20. The average molecular weight is 386 g/mol. The summed E-state index contributed by atoms with van der Waals surface area (Å²) in [5.41, 5.74) is 2.61. The molecule has 1 atom stereocenters. The molecule has 1 unspecified atom stereocenters. The molecule has 27 heavy (non-hydrogen) atoms. The summed E-state index contributed by atoms with van der Waals surface area (Å²) in [6.07, 6.45) is 7.27. The molecule has 0 spiro atoms. The van der Waals surface area contributed by atoms with E-state index >= 15 is 0 Å². The molecule has 0 radical (unpaired) electrons. The summed E-state index contributed by atoms with van der Waals surface area (Å²) in [6.45, 7) is 9.74. The molecule has 3 rings (SSSR count). The van der Waals surface area contributed by atoms with E-state index < -0.39 is 0 Å². The molecule has 1 amide bonds. The van der Waals surface area contributed by atoms with Gasteiger partial charge in [0.1, 0.15) is 0 Å². The fourth-order valence-corrected chi connectivity index (χ4v) is 5.19. The van der Waals surface area contributed by atoms with Gasteiger partial charge in [-0.3, -0.25) is 4.79 Å². The van der Waals surface area contributed by atoms with Gasteiger partial charge in [0.05, 0.1) is 11.1 Å². The summed E-state index contributed by atoms with van der Waals surface area (Å²) < 4.78 is 0. The van der Waals surface area contributed by atoms with Crippen LogP contribution in [0.15, 0.2) is 47.5 Å². The number of carbonyl (C=O) groups excluding carboxylic acids is 1. The van der Waals surface area contributed by atoms with Crippen LogP contribution in [-0.4, -0.2) is 49.3 Å². The topological polar surface area (TPSA) is 35.6 Å². The normalized spacial score (nSPS) is 22.7. The van der Waals surface area contributed by atoms with Gasteiger partial charge < -0.3 is 15.1 Å². The SMILES string of the molecule is CCN1CCSC1=CC=CC1N(CCC(=O)NC)c2ccccc2C1(C)C. The number of hydrogen-bond acceptors (Lipinski definition) is 4. The Hall–Kier alpha value is -1.88. The third-order valence-corrected chi connectivity index (χ3v) is 6.75. The quantitative estimate of drug-likeness (QED) is 0.809. The molecular weight excluding hydrogens is 354 g/mol. The fourth-order valence-electron chi connectivity index (χ4n) is 4.09. The molecule has 1 saturated heterocycles. The van der Waals surface area contributed by atoms with Crippen LogP contribution < -0.4 is 10.2 Å². The van der Waals surface area contributed by atoms with Crippen molar-refractivity contribution in [3.63, 3.8) is 0 Å². The van der Waals surface area contributed by atoms with Crippen molar-refractivity contribution in [3.8, 4) is 0 Å². The zero-order valence-electron chi connectivity index (χ0n) is 16.9. The molecule has 2 aliphatic rings. The van der Waals surface area contributed by atoms with Gasteiger partial charge in [-0.1, -0.05) is 44.2 Å². The largest absolute Gasteiger partial charge is 0.366 e. The first kappa shape index (κ1) is 19.9. The lowest BCUT2D eigenvalue weighted by Crippen LogP contribution is -2.41. The summed E-state index contributed by atoms with van der Waals surface area (Å²) in [5.74, 6) is 1.26. The highest BCUT2D eigenvalue weighted by molar-refractivity contribution is 8.03. The maximum absolute atomic E-state index is 11.8. The van der Waals surface area contributed by atoms with Crippen LogP contribution >= 0.6 is 11.8 Å². The third kappa shape index (κ3) is 4.03. The predicted octanol–water partition coefficient (Wildman–Crippen LogP) is 3.76. The molecule has 5 heteroatoms. The summed E-state index contributed by atoms with van der Waals surface area (Å²) in [4.78, 5) is 16.6. The highest BCUT2D eigenvalue weighted by Gasteiger charge is 2.42. The summed E-state index contributed by atoms with van der Waals surface area (Å²) >= 11 is 1.93. The van der Waals surface area contributed by atoms with Crippen molar-refractivity contribution >= 4 is 23.4 Å². The van der Waals surface area contributed by atoms with Crippen molar-refractivity contribution in [1.82, 2.24) is 10.2 Å². The number of para-hydroxylation sites is 1. The Morgan fingerprint density at radius 2 is 2.15 bits per heavy atom. The summed E-state index contributed by atoms with van der Waals surface area (Å²) in [7, 11) is 1.70. The van der Waals surface area contributed by atoms with E-state index in [1.807, 2.05) is 11.8 Å². The van der Waals surface area contributed by atoms with Crippen LogP contribution in [0, 0.1) is 0 Å². The van der Waals surface area contributed by atoms with Crippen molar-refractivity contribution in [2.75, 3.05) is 37.3 Å².